The lowest BCUT2D eigenvalue weighted by Gasteiger charge is -2.14. The van der Waals surface area contributed by atoms with E-state index in [4.69, 9.17) is 60.5 Å². The Bertz CT molecular complexity index is 1400. The largest absolute Gasteiger partial charge is 0.489 e. The molecule has 204 valence electrons. The molecule has 3 aromatic rings. The van der Waals surface area contributed by atoms with Crippen LogP contribution in [-0.4, -0.2) is 41.9 Å². The third-order valence-electron chi connectivity index (χ3n) is 5.07. The molecule has 2 amide bonds. The van der Waals surface area contributed by atoms with Gasteiger partial charge in [0.05, 0.1) is 0 Å². The maximum absolute atomic E-state index is 12.9. The van der Waals surface area contributed by atoms with Crippen molar-refractivity contribution in [3.05, 3.63) is 91.9 Å². The number of nitrogens with two attached hydrogens (primary N) is 1. The molecule has 0 fully saturated rings. The molecule has 0 saturated heterocycles. The van der Waals surface area contributed by atoms with Crippen molar-refractivity contribution in [2.75, 3.05) is 13.2 Å². The molecular formula is C26H23Cl3N4O6. The summed E-state index contributed by atoms with van der Waals surface area (Å²) in [7, 11) is 0. The van der Waals surface area contributed by atoms with E-state index in [1.807, 2.05) is 0 Å². The standard InChI is InChI=1S/C26H23Cl3N4O6/c27-18-3-14(4-19(28)8-18)12-38-21-6-17(5-20(29)9-21)26(37)33-10-16-2-1-15(25(30)31)7-22(16)39-13-23(34)32-11-24(35)36/h1-9H,10-13H2,(H3,30,31)(H,32,34)(H,33,37)(H,35,36). The topological polar surface area (TPSA) is 164 Å². The van der Waals surface area contributed by atoms with Gasteiger partial charge in [-0.2, -0.15) is 0 Å². The molecule has 0 aliphatic rings. The summed E-state index contributed by atoms with van der Waals surface area (Å²) in [6.07, 6.45) is 0. The molecule has 10 nitrogen and oxygen atoms in total. The number of benzene rings is 3. The highest BCUT2D eigenvalue weighted by atomic mass is 35.5. The summed E-state index contributed by atoms with van der Waals surface area (Å²) in [6, 6.07) is 14.2. The number of carbonyl (C=O) groups is 3. The summed E-state index contributed by atoms with van der Waals surface area (Å²) in [6.45, 7) is -0.906. The summed E-state index contributed by atoms with van der Waals surface area (Å²) in [5.74, 6) is -2.01. The average molecular weight is 594 g/mol. The molecule has 3 aromatic carbocycles. The van der Waals surface area contributed by atoms with Crippen LogP contribution in [0.25, 0.3) is 0 Å². The molecule has 0 aliphatic heterocycles. The van der Waals surface area contributed by atoms with Crippen molar-refractivity contribution in [1.82, 2.24) is 10.6 Å². The highest BCUT2D eigenvalue weighted by molar-refractivity contribution is 6.34. The number of ether oxygens (including phenoxy) is 2. The monoisotopic (exact) mass is 592 g/mol. The van der Waals surface area contributed by atoms with Gasteiger partial charge in [0.1, 0.15) is 30.5 Å². The highest BCUT2D eigenvalue weighted by Gasteiger charge is 2.14. The van der Waals surface area contributed by atoms with Crippen LogP contribution in [0, 0.1) is 5.41 Å². The van der Waals surface area contributed by atoms with Gasteiger partial charge in [-0.1, -0.05) is 46.9 Å². The maximum Gasteiger partial charge on any atom is 0.322 e. The van der Waals surface area contributed by atoms with Gasteiger partial charge in [0.15, 0.2) is 6.61 Å². The van der Waals surface area contributed by atoms with E-state index in [9.17, 15) is 14.4 Å². The minimum atomic E-state index is -1.20. The van der Waals surface area contributed by atoms with Crippen molar-refractivity contribution in [2.24, 2.45) is 5.73 Å². The number of nitrogens with one attached hydrogen (secondary N) is 3. The summed E-state index contributed by atoms with van der Waals surface area (Å²) in [5.41, 5.74) is 7.33. The van der Waals surface area contributed by atoms with Gasteiger partial charge in [-0.25, -0.2) is 0 Å². The number of hydrogen-bond donors (Lipinski definition) is 5. The molecule has 39 heavy (non-hydrogen) atoms. The third-order valence-corrected chi connectivity index (χ3v) is 5.73. The smallest absolute Gasteiger partial charge is 0.322 e. The van der Waals surface area contributed by atoms with Crippen molar-refractivity contribution >= 4 is 58.4 Å². The Morgan fingerprint density at radius 3 is 2.23 bits per heavy atom. The van der Waals surface area contributed by atoms with Gasteiger partial charge in [0, 0.05) is 38.3 Å². The zero-order chi connectivity index (χ0) is 28.5. The van der Waals surface area contributed by atoms with Crippen molar-refractivity contribution in [1.29, 1.82) is 5.41 Å². The van der Waals surface area contributed by atoms with Crippen LogP contribution in [0.5, 0.6) is 11.5 Å². The van der Waals surface area contributed by atoms with Crippen LogP contribution >= 0.6 is 34.8 Å². The number of nitrogen functional groups attached to an aromatic ring is 1. The molecule has 0 heterocycles. The number of carboxylic acids is 1. The number of carbonyl (C=O) groups excluding carboxylic acids is 2. The molecule has 6 N–H and O–H groups in total. The summed E-state index contributed by atoms with van der Waals surface area (Å²) >= 11 is 18.3. The van der Waals surface area contributed by atoms with Gasteiger partial charge in [-0.3, -0.25) is 19.8 Å². The number of amides is 2. The van der Waals surface area contributed by atoms with Crippen LogP contribution in [0.4, 0.5) is 0 Å². The Labute approximate surface area is 238 Å². The lowest BCUT2D eigenvalue weighted by Crippen LogP contribution is -2.33. The molecule has 13 heteroatoms. The summed E-state index contributed by atoms with van der Waals surface area (Å²) in [5, 5.41) is 22.5. The molecule has 0 atom stereocenters. The van der Waals surface area contributed by atoms with Gasteiger partial charge in [-0.05, 0) is 48.0 Å². The number of rotatable bonds is 12. The Balaban J connectivity index is 1.69. The zero-order valence-corrected chi connectivity index (χ0v) is 22.5. The van der Waals surface area contributed by atoms with E-state index in [-0.39, 0.29) is 35.3 Å². The second-order valence-corrected chi connectivity index (χ2v) is 9.43. The number of aliphatic carboxylic acids is 1. The molecule has 0 radical (unpaired) electrons. The fourth-order valence-corrected chi connectivity index (χ4v) is 4.08. The van der Waals surface area contributed by atoms with Crippen molar-refractivity contribution in [2.45, 2.75) is 13.2 Å². The maximum atomic E-state index is 12.9. The second-order valence-electron chi connectivity index (χ2n) is 8.12. The van der Waals surface area contributed by atoms with Gasteiger partial charge < -0.3 is 30.9 Å². The normalized spacial score (nSPS) is 10.4. The van der Waals surface area contributed by atoms with Crippen molar-refractivity contribution < 1.29 is 29.0 Å². The quantitative estimate of drug-likeness (QED) is 0.156. The first-order chi connectivity index (χ1) is 18.5. The van der Waals surface area contributed by atoms with Gasteiger partial charge in [-0.15, -0.1) is 0 Å². The van der Waals surface area contributed by atoms with Crippen LogP contribution in [0.2, 0.25) is 15.1 Å². The highest BCUT2D eigenvalue weighted by Crippen LogP contribution is 2.25. The van der Waals surface area contributed by atoms with Crippen LogP contribution in [-0.2, 0) is 22.7 Å². The SMILES string of the molecule is N=C(N)c1ccc(CNC(=O)c2cc(Cl)cc(OCc3cc(Cl)cc(Cl)c3)c2)c(OCC(=O)NCC(=O)O)c1. The summed E-state index contributed by atoms with van der Waals surface area (Å²) < 4.78 is 11.3. The van der Waals surface area contributed by atoms with Gasteiger partial charge >= 0.3 is 5.97 Å². The van der Waals surface area contributed by atoms with E-state index in [0.717, 1.165) is 5.56 Å². The molecule has 0 spiro atoms. The first kappa shape index (κ1) is 29.6. The van der Waals surface area contributed by atoms with E-state index in [0.29, 0.717) is 26.9 Å². The predicted molar refractivity (Wildman–Crippen MR) is 147 cm³/mol. The molecule has 3 rings (SSSR count). The Morgan fingerprint density at radius 1 is 0.872 bits per heavy atom. The van der Waals surface area contributed by atoms with Crippen LogP contribution in [0.3, 0.4) is 0 Å². The Kier molecular flexibility index (Phi) is 10.4. The predicted octanol–water partition coefficient (Wildman–Crippen LogP) is 4.02. The zero-order valence-electron chi connectivity index (χ0n) is 20.2. The van der Waals surface area contributed by atoms with E-state index in [1.165, 1.54) is 18.2 Å². The number of hydrogen-bond acceptors (Lipinski definition) is 6. The number of amidine groups is 1. The lowest BCUT2D eigenvalue weighted by atomic mass is 10.1. The van der Waals surface area contributed by atoms with Crippen LogP contribution < -0.4 is 25.8 Å². The van der Waals surface area contributed by atoms with Crippen molar-refractivity contribution in [3.8, 4) is 11.5 Å². The Hall–Kier alpha value is -3.99. The minimum Gasteiger partial charge on any atom is -0.489 e. The number of carboxylic acid groups (broad SMARTS) is 1. The van der Waals surface area contributed by atoms with Crippen LogP contribution in [0.1, 0.15) is 27.0 Å². The molecular weight excluding hydrogens is 571 g/mol. The van der Waals surface area contributed by atoms with E-state index >= 15 is 0 Å². The van der Waals surface area contributed by atoms with Gasteiger partial charge in [0.25, 0.3) is 11.8 Å². The van der Waals surface area contributed by atoms with E-state index in [2.05, 4.69) is 10.6 Å². The minimum absolute atomic E-state index is 0.00713. The van der Waals surface area contributed by atoms with Gasteiger partial charge in [0.2, 0.25) is 0 Å². The van der Waals surface area contributed by atoms with Crippen LogP contribution in [0.15, 0.2) is 54.6 Å². The molecule has 0 aromatic heterocycles. The molecule has 0 saturated carbocycles. The first-order valence-electron chi connectivity index (χ1n) is 11.3. The number of halogens is 3. The third kappa shape index (κ3) is 9.36. The lowest BCUT2D eigenvalue weighted by molar-refractivity contribution is -0.138. The first-order valence-corrected chi connectivity index (χ1v) is 12.4. The molecule has 0 aliphatic carbocycles. The fraction of sp³-hybridized carbons (Fsp3) is 0.154. The average Bonchev–Trinajstić information content (AvgIpc) is 2.87. The fourth-order valence-electron chi connectivity index (χ4n) is 3.29. The van der Waals surface area contributed by atoms with Crippen molar-refractivity contribution in [3.63, 3.8) is 0 Å². The Morgan fingerprint density at radius 2 is 1.56 bits per heavy atom. The van der Waals surface area contributed by atoms with E-state index in [1.54, 1.807) is 36.4 Å². The van der Waals surface area contributed by atoms with E-state index < -0.39 is 30.9 Å². The molecule has 0 bridgehead atoms. The molecule has 0 unspecified atom stereocenters. The second kappa shape index (κ2) is 13.7. The summed E-state index contributed by atoms with van der Waals surface area (Å²) in [4.78, 5) is 35.4.